The minimum Gasteiger partial charge on any atom is -0.374 e. The van der Waals surface area contributed by atoms with E-state index in [0.29, 0.717) is 5.13 Å². The zero-order chi connectivity index (χ0) is 4.41. The summed E-state index contributed by atoms with van der Waals surface area (Å²) < 4.78 is 3.63. The van der Waals surface area contributed by atoms with Crippen molar-refractivity contribution in [2.75, 3.05) is 5.73 Å². The molecule has 0 aliphatic rings. The lowest BCUT2D eigenvalue weighted by Crippen LogP contribution is -1.77. The van der Waals surface area contributed by atoms with Crippen molar-refractivity contribution < 1.29 is 0 Å². The van der Waals surface area contributed by atoms with Crippen molar-refractivity contribution in [2.24, 2.45) is 0 Å². The Kier molecular flexibility index (Phi) is 6.89. The third-order valence-electron chi connectivity index (χ3n) is 0.378. The molecule has 8 heavy (non-hydrogen) atoms. The SMILES string of the molecule is Cl.Cl.Nc1ncns1. The number of halogens is 2. The highest BCUT2D eigenvalue weighted by Crippen LogP contribution is 1.96. The summed E-state index contributed by atoms with van der Waals surface area (Å²) in [5.41, 5.74) is 5.12. The zero-order valence-electron chi connectivity index (χ0n) is 3.77. The molecule has 0 radical (unpaired) electrons. The Hall–Kier alpha value is -0.0600. The van der Waals surface area contributed by atoms with Gasteiger partial charge in [0.15, 0.2) is 5.13 Å². The van der Waals surface area contributed by atoms with E-state index in [1.807, 2.05) is 0 Å². The van der Waals surface area contributed by atoms with Crippen LogP contribution >= 0.6 is 36.3 Å². The Labute approximate surface area is 63.3 Å². The molecule has 0 atom stereocenters. The fraction of sp³-hybridized carbons (Fsp3) is 0. The zero-order valence-corrected chi connectivity index (χ0v) is 6.22. The van der Waals surface area contributed by atoms with Crippen LogP contribution in [0.1, 0.15) is 0 Å². The molecule has 0 amide bonds. The Morgan fingerprint density at radius 2 is 2.12 bits per heavy atom. The first kappa shape index (κ1) is 10.8. The van der Waals surface area contributed by atoms with Crippen LogP contribution in [-0.2, 0) is 0 Å². The molecule has 1 aromatic rings. The van der Waals surface area contributed by atoms with Crippen LogP contribution in [-0.4, -0.2) is 9.36 Å². The van der Waals surface area contributed by atoms with Crippen LogP contribution in [0.15, 0.2) is 6.33 Å². The number of rotatable bonds is 0. The van der Waals surface area contributed by atoms with E-state index in [9.17, 15) is 0 Å². The molecule has 6 heteroatoms. The van der Waals surface area contributed by atoms with Crippen molar-refractivity contribution in [1.82, 2.24) is 9.36 Å². The summed E-state index contributed by atoms with van der Waals surface area (Å²) in [5.74, 6) is 0. The fourth-order valence-electron chi connectivity index (χ4n) is 0.182. The van der Waals surface area contributed by atoms with Gasteiger partial charge >= 0.3 is 0 Å². The first-order valence-electron chi connectivity index (χ1n) is 1.42. The molecule has 48 valence electrons. The number of nitrogens with two attached hydrogens (primary N) is 1. The molecule has 2 N–H and O–H groups in total. The molecule has 0 saturated carbocycles. The van der Waals surface area contributed by atoms with Crippen molar-refractivity contribution in [3.8, 4) is 0 Å². The lowest BCUT2D eigenvalue weighted by molar-refractivity contribution is 1.34. The summed E-state index contributed by atoms with van der Waals surface area (Å²) in [5, 5.41) is 0.523. The van der Waals surface area contributed by atoms with Gasteiger partial charge in [-0.15, -0.1) is 24.8 Å². The summed E-state index contributed by atoms with van der Waals surface area (Å²) in [7, 11) is 0. The van der Waals surface area contributed by atoms with Gasteiger partial charge in [-0.05, 0) is 0 Å². The van der Waals surface area contributed by atoms with E-state index in [1.54, 1.807) is 0 Å². The van der Waals surface area contributed by atoms with Crippen molar-refractivity contribution in [3.63, 3.8) is 0 Å². The summed E-state index contributed by atoms with van der Waals surface area (Å²) in [6, 6.07) is 0. The topological polar surface area (TPSA) is 51.8 Å². The maximum absolute atomic E-state index is 5.12. The molecule has 0 fully saturated rings. The van der Waals surface area contributed by atoms with Crippen LogP contribution in [0.4, 0.5) is 5.13 Å². The highest BCUT2D eigenvalue weighted by atomic mass is 35.5. The first-order valence-corrected chi connectivity index (χ1v) is 2.19. The van der Waals surface area contributed by atoms with Crippen LogP contribution in [0.3, 0.4) is 0 Å². The number of anilines is 1. The Morgan fingerprint density at radius 3 is 2.25 bits per heavy atom. The van der Waals surface area contributed by atoms with Crippen LogP contribution in [0.25, 0.3) is 0 Å². The third kappa shape index (κ3) is 3.01. The number of nitrogens with zero attached hydrogens (tertiary/aromatic N) is 2. The maximum Gasteiger partial charge on any atom is 0.199 e. The molecule has 1 rings (SSSR count). The van der Waals surface area contributed by atoms with Gasteiger partial charge in [0.25, 0.3) is 0 Å². The van der Waals surface area contributed by atoms with Gasteiger partial charge in [-0.25, -0.2) is 4.98 Å². The lowest BCUT2D eigenvalue weighted by Gasteiger charge is -1.64. The molecule has 0 unspecified atom stereocenters. The normalized spacial score (nSPS) is 6.50. The molecule has 3 nitrogen and oxygen atoms in total. The standard InChI is InChI=1S/C2H3N3S.2ClH/c3-2-4-1-5-6-2;;/h1H,(H2,3,4,5);2*1H. The second-order valence-electron chi connectivity index (χ2n) is 0.780. The molecule has 0 bridgehead atoms. The predicted octanol–water partition coefficient (Wildman–Crippen LogP) is 0.964. The smallest absolute Gasteiger partial charge is 0.199 e. The molecule has 0 aliphatic carbocycles. The van der Waals surface area contributed by atoms with Gasteiger partial charge in [0.1, 0.15) is 6.33 Å². The number of hydrogen-bond donors (Lipinski definition) is 1. The van der Waals surface area contributed by atoms with Crippen LogP contribution in [0.5, 0.6) is 0 Å². The minimum absolute atomic E-state index is 0. The summed E-state index contributed by atoms with van der Waals surface area (Å²) in [6.07, 6.45) is 1.43. The summed E-state index contributed by atoms with van der Waals surface area (Å²) >= 11 is 1.19. The van der Waals surface area contributed by atoms with Crippen LogP contribution < -0.4 is 5.73 Å². The van der Waals surface area contributed by atoms with E-state index in [-0.39, 0.29) is 24.8 Å². The molecule has 1 heterocycles. The van der Waals surface area contributed by atoms with E-state index in [2.05, 4.69) is 9.36 Å². The quantitative estimate of drug-likeness (QED) is 0.637. The molecule has 0 aliphatic heterocycles. The number of aromatic nitrogens is 2. The van der Waals surface area contributed by atoms with E-state index in [1.165, 1.54) is 17.9 Å². The fourth-order valence-corrected chi connectivity index (χ4v) is 0.478. The van der Waals surface area contributed by atoms with Gasteiger partial charge in [-0.2, -0.15) is 4.37 Å². The molecular weight excluding hydrogens is 169 g/mol. The molecule has 0 saturated heterocycles. The number of nitrogen functional groups attached to an aromatic ring is 1. The second-order valence-corrected chi connectivity index (χ2v) is 1.59. The van der Waals surface area contributed by atoms with E-state index in [0.717, 1.165) is 0 Å². The van der Waals surface area contributed by atoms with Crippen LogP contribution in [0, 0.1) is 0 Å². The van der Waals surface area contributed by atoms with Gasteiger partial charge in [0.2, 0.25) is 0 Å². The summed E-state index contributed by atoms with van der Waals surface area (Å²) in [4.78, 5) is 3.60. The molecule has 1 aromatic heterocycles. The van der Waals surface area contributed by atoms with Crippen LogP contribution in [0.2, 0.25) is 0 Å². The number of hydrogen-bond acceptors (Lipinski definition) is 4. The predicted molar refractivity (Wildman–Crippen MR) is 38.8 cm³/mol. The van der Waals surface area contributed by atoms with Gasteiger partial charge in [0.05, 0.1) is 0 Å². The highest BCUT2D eigenvalue weighted by Gasteiger charge is 1.78. The van der Waals surface area contributed by atoms with Crippen molar-refractivity contribution >= 4 is 41.5 Å². The minimum atomic E-state index is 0. The van der Waals surface area contributed by atoms with Gasteiger partial charge in [-0.1, -0.05) is 0 Å². The van der Waals surface area contributed by atoms with Crippen molar-refractivity contribution in [1.29, 1.82) is 0 Å². The largest absolute Gasteiger partial charge is 0.374 e. The van der Waals surface area contributed by atoms with Crippen molar-refractivity contribution in [3.05, 3.63) is 6.33 Å². The molecular formula is C2H5Cl2N3S. The summed E-state index contributed by atoms with van der Waals surface area (Å²) in [6.45, 7) is 0. The monoisotopic (exact) mass is 173 g/mol. The van der Waals surface area contributed by atoms with E-state index in [4.69, 9.17) is 5.73 Å². The molecule has 0 spiro atoms. The Balaban J connectivity index is 0. The second kappa shape index (κ2) is 5.08. The average Bonchev–Trinajstić information content (AvgIpc) is 1.86. The molecule has 0 aromatic carbocycles. The highest BCUT2D eigenvalue weighted by molar-refractivity contribution is 7.09. The lowest BCUT2D eigenvalue weighted by atomic mass is 11.2. The Bertz CT molecular complexity index is 119. The third-order valence-corrected chi connectivity index (χ3v) is 0.871. The van der Waals surface area contributed by atoms with Gasteiger partial charge < -0.3 is 5.73 Å². The Morgan fingerprint density at radius 1 is 1.50 bits per heavy atom. The average molecular weight is 174 g/mol. The van der Waals surface area contributed by atoms with Crippen molar-refractivity contribution in [2.45, 2.75) is 0 Å². The van der Waals surface area contributed by atoms with Gasteiger partial charge in [-0.3, -0.25) is 0 Å². The van der Waals surface area contributed by atoms with E-state index < -0.39 is 0 Å². The van der Waals surface area contributed by atoms with Gasteiger partial charge in [0, 0.05) is 11.5 Å². The van der Waals surface area contributed by atoms with E-state index >= 15 is 0 Å². The maximum atomic E-state index is 5.12. The first-order chi connectivity index (χ1) is 2.89.